The fraction of sp³-hybridized carbons (Fsp3) is 0.154. The minimum Gasteiger partial charge on any atom is -0.493 e. The zero-order valence-electron chi connectivity index (χ0n) is 19.6. The molecule has 0 bridgehead atoms. The second-order valence-electron chi connectivity index (χ2n) is 7.52. The summed E-state index contributed by atoms with van der Waals surface area (Å²) in [5.74, 6) is 0.285. The molecule has 3 aromatic carbocycles. The summed E-state index contributed by atoms with van der Waals surface area (Å²) in [6.45, 7) is 0.328. The van der Waals surface area contributed by atoms with Crippen molar-refractivity contribution in [3.05, 3.63) is 90.5 Å². The number of nitrogens with one attached hydrogen (secondary N) is 2. The van der Waals surface area contributed by atoms with Gasteiger partial charge in [0.2, 0.25) is 5.91 Å². The molecule has 0 aliphatic rings. The Balaban J connectivity index is 1.53. The van der Waals surface area contributed by atoms with Crippen molar-refractivity contribution in [2.45, 2.75) is 13.0 Å². The van der Waals surface area contributed by atoms with E-state index in [0.717, 1.165) is 9.13 Å². The van der Waals surface area contributed by atoms with Gasteiger partial charge in [-0.05, 0) is 64.6 Å². The molecule has 3 rings (SSSR count). The maximum Gasteiger partial charge on any atom is 0.251 e. The monoisotopic (exact) mass is 650 g/mol. The van der Waals surface area contributed by atoms with Gasteiger partial charge in [-0.3, -0.25) is 9.59 Å². The Morgan fingerprint density at radius 3 is 2.65 bits per heavy atom. The molecule has 2 amide bonds. The first-order valence-electron chi connectivity index (χ1n) is 10.9. The van der Waals surface area contributed by atoms with Gasteiger partial charge < -0.3 is 14.8 Å². The Hall–Kier alpha value is -3.33. The van der Waals surface area contributed by atoms with Crippen molar-refractivity contribution in [3.8, 4) is 17.6 Å². The zero-order chi connectivity index (χ0) is 26.8. The number of rotatable bonds is 10. The Morgan fingerprint density at radius 1 is 1.14 bits per heavy atom. The van der Waals surface area contributed by atoms with Crippen LogP contribution in [-0.4, -0.2) is 31.7 Å². The molecule has 0 heterocycles. The van der Waals surface area contributed by atoms with Gasteiger partial charge in [0.05, 0.1) is 38.6 Å². The van der Waals surface area contributed by atoms with Crippen molar-refractivity contribution in [3.63, 3.8) is 0 Å². The summed E-state index contributed by atoms with van der Waals surface area (Å²) >= 11 is 13.9. The van der Waals surface area contributed by atoms with Crippen LogP contribution in [0.5, 0.6) is 11.5 Å². The highest BCUT2D eigenvalue weighted by atomic mass is 127. The molecule has 2 N–H and O–H groups in total. The quantitative estimate of drug-likeness (QED) is 0.175. The lowest BCUT2D eigenvalue weighted by atomic mass is 10.1. The Bertz CT molecular complexity index is 1380. The number of methoxy groups -OCH3 is 1. The van der Waals surface area contributed by atoms with Gasteiger partial charge in [0.1, 0.15) is 6.61 Å². The standard InChI is InChI=1S/C26H21Cl2IN4O4/c1-36-23-11-16(10-22(29)25(23)37-15-19-5-3-2-4-18(19)13-30)14-32-33-24(34)8-9-31-26(35)17-6-7-20(27)21(28)12-17/h2-7,10-12,14H,8-9,15H2,1H3,(H,31,35)(H,33,34). The predicted octanol–water partition coefficient (Wildman–Crippen LogP) is 5.33. The largest absolute Gasteiger partial charge is 0.493 e. The SMILES string of the molecule is COc1cc(C=NNC(=O)CCNC(=O)c2ccc(Cl)c(Cl)c2)cc(I)c1OCc1ccccc1C#N. The summed E-state index contributed by atoms with van der Waals surface area (Å²) in [5.41, 5.74) is 4.77. The molecular weight excluding hydrogens is 630 g/mol. The lowest BCUT2D eigenvalue weighted by Crippen LogP contribution is -2.29. The normalized spacial score (nSPS) is 10.6. The molecule has 0 radical (unpaired) electrons. The van der Waals surface area contributed by atoms with Crippen molar-refractivity contribution >= 4 is 63.8 Å². The number of hydrazone groups is 1. The second-order valence-corrected chi connectivity index (χ2v) is 9.50. The average molecular weight is 651 g/mol. The lowest BCUT2D eigenvalue weighted by Gasteiger charge is -2.14. The molecule has 0 spiro atoms. The van der Waals surface area contributed by atoms with Crippen molar-refractivity contribution in [2.24, 2.45) is 5.10 Å². The molecule has 0 atom stereocenters. The van der Waals surface area contributed by atoms with Crippen LogP contribution in [0, 0.1) is 14.9 Å². The molecule has 190 valence electrons. The molecule has 37 heavy (non-hydrogen) atoms. The molecule has 8 nitrogen and oxygen atoms in total. The van der Waals surface area contributed by atoms with Crippen LogP contribution >= 0.6 is 45.8 Å². The summed E-state index contributed by atoms with van der Waals surface area (Å²) in [5, 5.41) is 16.5. The van der Waals surface area contributed by atoms with Crippen LogP contribution in [-0.2, 0) is 11.4 Å². The van der Waals surface area contributed by atoms with Gasteiger partial charge in [-0.25, -0.2) is 5.43 Å². The minimum absolute atomic E-state index is 0.0300. The minimum atomic E-state index is -0.372. The Labute approximate surface area is 237 Å². The van der Waals surface area contributed by atoms with E-state index in [0.29, 0.717) is 33.2 Å². The summed E-state index contributed by atoms with van der Waals surface area (Å²) in [4.78, 5) is 24.2. The number of halogens is 3. The van der Waals surface area contributed by atoms with Crippen LogP contribution in [0.15, 0.2) is 59.7 Å². The van der Waals surface area contributed by atoms with Crippen LogP contribution in [0.25, 0.3) is 0 Å². The van der Waals surface area contributed by atoms with Crippen molar-refractivity contribution < 1.29 is 19.1 Å². The summed E-state index contributed by atoms with van der Waals surface area (Å²) in [7, 11) is 1.52. The highest BCUT2D eigenvalue weighted by molar-refractivity contribution is 14.1. The van der Waals surface area contributed by atoms with Gasteiger partial charge in [0, 0.05) is 24.1 Å². The van der Waals surface area contributed by atoms with Crippen molar-refractivity contribution in [2.75, 3.05) is 13.7 Å². The molecule has 0 unspecified atom stereocenters. The van der Waals surface area contributed by atoms with Gasteiger partial charge in [0.15, 0.2) is 11.5 Å². The van der Waals surface area contributed by atoms with Gasteiger partial charge in [-0.2, -0.15) is 10.4 Å². The number of nitriles is 1. The third-order valence-corrected chi connectivity index (χ3v) is 6.52. The van der Waals surface area contributed by atoms with E-state index in [2.05, 4.69) is 44.5 Å². The zero-order valence-corrected chi connectivity index (χ0v) is 23.2. The summed E-state index contributed by atoms with van der Waals surface area (Å²) in [6, 6.07) is 17.4. The first-order valence-corrected chi connectivity index (χ1v) is 12.7. The summed E-state index contributed by atoms with van der Waals surface area (Å²) < 4.78 is 12.2. The van der Waals surface area contributed by atoms with E-state index in [1.54, 1.807) is 24.3 Å². The smallest absolute Gasteiger partial charge is 0.251 e. The van der Waals surface area contributed by atoms with E-state index in [-0.39, 0.29) is 36.4 Å². The highest BCUT2D eigenvalue weighted by Crippen LogP contribution is 2.34. The molecule has 0 aliphatic carbocycles. The van der Waals surface area contributed by atoms with Crippen molar-refractivity contribution in [1.29, 1.82) is 5.26 Å². The molecule has 0 saturated heterocycles. The van der Waals surface area contributed by atoms with E-state index in [1.807, 2.05) is 18.2 Å². The number of hydrogen-bond donors (Lipinski definition) is 2. The average Bonchev–Trinajstić information content (AvgIpc) is 2.89. The number of ether oxygens (including phenoxy) is 2. The Kier molecular flexibility index (Phi) is 10.6. The lowest BCUT2D eigenvalue weighted by molar-refractivity contribution is -0.120. The first-order chi connectivity index (χ1) is 17.8. The molecule has 0 aliphatic heterocycles. The van der Waals surface area contributed by atoms with Gasteiger partial charge in [-0.15, -0.1) is 0 Å². The number of hydrogen-bond acceptors (Lipinski definition) is 6. The van der Waals surface area contributed by atoms with E-state index in [1.165, 1.54) is 25.5 Å². The molecule has 0 aromatic heterocycles. The number of benzene rings is 3. The Morgan fingerprint density at radius 2 is 1.92 bits per heavy atom. The van der Waals surface area contributed by atoms with Crippen LogP contribution < -0.4 is 20.2 Å². The third-order valence-electron chi connectivity index (χ3n) is 4.98. The van der Waals surface area contributed by atoms with E-state index in [9.17, 15) is 14.9 Å². The van der Waals surface area contributed by atoms with E-state index >= 15 is 0 Å². The van der Waals surface area contributed by atoms with Gasteiger partial charge in [0.25, 0.3) is 5.91 Å². The molecule has 3 aromatic rings. The predicted molar refractivity (Wildman–Crippen MR) is 150 cm³/mol. The number of carbonyl (C=O) groups is 2. The number of carbonyl (C=O) groups excluding carboxylic acids is 2. The fourth-order valence-corrected chi connectivity index (χ4v) is 4.20. The van der Waals surface area contributed by atoms with Crippen molar-refractivity contribution in [1.82, 2.24) is 10.7 Å². The van der Waals surface area contributed by atoms with E-state index in [4.69, 9.17) is 32.7 Å². The van der Waals surface area contributed by atoms with Crippen LogP contribution in [0.1, 0.15) is 33.5 Å². The van der Waals surface area contributed by atoms with Crippen LogP contribution in [0.3, 0.4) is 0 Å². The molecular formula is C26H21Cl2IN4O4. The maximum atomic E-state index is 12.2. The van der Waals surface area contributed by atoms with E-state index < -0.39 is 0 Å². The third kappa shape index (κ3) is 8.08. The maximum absolute atomic E-state index is 12.2. The molecule has 11 heteroatoms. The van der Waals surface area contributed by atoms with Gasteiger partial charge in [-0.1, -0.05) is 41.4 Å². The topological polar surface area (TPSA) is 113 Å². The fourth-order valence-electron chi connectivity index (χ4n) is 3.12. The molecule has 0 saturated carbocycles. The van der Waals surface area contributed by atoms with Crippen LogP contribution in [0.4, 0.5) is 0 Å². The van der Waals surface area contributed by atoms with Gasteiger partial charge >= 0.3 is 0 Å². The second kappa shape index (κ2) is 13.8. The number of nitrogens with zero attached hydrogens (tertiary/aromatic N) is 2. The number of amides is 2. The van der Waals surface area contributed by atoms with Crippen LogP contribution in [0.2, 0.25) is 10.0 Å². The molecule has 0 fully saturated rings. The highest BCUT2D eigenvalue weighted by Gasteiger charge is 2.13. The summed E-state index contributed by atoms with van der Waals surface area (Å²) in [6.07, 6.45) is 1.51. The first kappa shape index (κ1) is 28.2.